The third kappa shape index (κ3) is 5.49. The summed E-state index contributed by atoms with van der Waals surface area (Å²) in [7, 11) is 0. The number of anilines is 2. The Balaban J connectivity index is 1.90. The van der Waals surface area contributed by atoms with Crippen molar-refractivity contribution in [2.75, 3.05) is 17.2 Å². The minimum atomic E-state index is -0.148. The lowest BCUT2D eigenvalue weighted by Gasteiger charge is -2.14. The van der Waals surface area contributed by atoms with E-state index < -0.39 is 0 Å². The van der Waals surface area contributed by atoms with Crippen LogP contribution in [0.4, 0.5) is 11.4 Å². The van der Waals surface area contributed by atoms with E-state index >= 15 is 0 Å². The van der Waals surface area contributed by atoms with E-state index in [0.717, 1.165) is 17.9 Å². The third-order valence-electron chi connectivity index (χ3n) is 3.34. The summed E-state index contributed by atoms with van der Waals surface area (Å²) in [4.78, 5) is 12.0. The Bertz CT molecular complexity index is 661. The monoisotopic (exact) mass is 332 g/mol. The van der Waals surface area contributed by atoms with Crippen molar-refractivity contribution in [3.05, 3.63) is 53.6 Å². The Morgan fingerprint density at radius 3 is 2.74 bits per heavy atom. The highest BCUT2D eigenvalue weighted by Gasteiger charge is 2.06. The van der Waals surface area contributed by atoms with Crippen molar-refractivity contribution in [1.82, 2.24) is 0 Å². The molecule has 122 valence electrons. The number of carbonyl (C=O) groups excluding carboxylic acids is 1. The van der Waals surface area contributed by atoms with Crippen LogP contribution in [0.2, 0.25) is 5.02 Å². The summed E-state index contributed by atoms with van der Waals surface area (Å²) < 4.78 is 5.75. The summed E-state index contributed by atoms with van der Waals surface area (Å²) in [5.41, 5.74) is 1.44. The summed E-state index contributed by atoms with van der Waals surface area (Å²) in [5.74, 6) is 0.599. The molecule has 4 nitrogen and oxygen atoms in total. The number of halogens is 1. The van der Waals surface area contributed by atoms with E-state index in [2.05, 4.69) is 17.6 Å². The second-order valence-electron chi connectivity index (χ2n) is 5.25. The lowest BCUT2D eigenvalue weighted by molar-refractivity contribution is -0.114. The Morgan fingerprint density at radius 1 is 1.22 bits per heavy atom. The molecule has 0 radical (unpaired) electrons. The van der Waals surface area contributed by atoms with Gasteiger partial charge in [-0.2, -0.15) is 0 Å². The van der Waals surface area contributed by atoms with Gasteiger partial charge in [0.05, 0.1) is 23.4 Å². The molecule has 5 heteroatoms. The maximum absolute atomic E-state index is 12.0. The molecule has 2 aromatic rings. The predicted molar refractivity (Wildman–Crippen MR) is 95.4 cm³/mol. The lowest BCUT2D eigenvalue weighted by Crippen LogP contribution is -2.21. The van der Waals surface area contributed by atoms with Gasteiger partial charge < -0.3 is 15.4 Å². The highest BCUT2D eigenvalue weighted by atomic mass is 35.5. The van der Waals surface area contributed by atoms with Crippen molar-refractivity contribution in [2.24, 2.45) is 0 Å². The van der Waals surface area contributed by atoms with Crippen LogP contribution >= 0.6 is 11.6 Å². The summed E-state index contributed by atoms with van der Waals surface area (Å²) >= 11 is 6.04. The topological polar surface area (TPSA) is 50.4 Å². The van der Waals surface area contributed by atoms with Crippen LogP contribution in [-0.2, 0) is 4.79 Å². The number of rotatable bonds is 7. The van der Waals surface area contributed by atoms with Gasteiger partial charge in [0.15, 0.2) is 0 Å². The Kier molecular flexibility index (Phi) is 6.29. The predicted octanol–water partition coefficient (Wildman–Crippen LogP) is 4.57. The molecular formula is C18H21ClN2O2. The Hall–Kier alpha value is -2.20. The van der Waals surface area contributed by atoms with Crippen LogP contribution in [0.25, 0.3) is 0 Å². The van der Waals surface area contributed by atoms with Crippen LogP contribution < -0.4 is 15.4 Å². The SMILES string of the molecule is CCC(C)Oc1cccc(NC(=O)CNc2ccccc2Cl)c1. The molecule has 0 fully saturated rings. The molecule has 2 aromatic carbocycles. The maximum Gasteiger partial charge on any atom is 0.243 e. The van der Waals surface area contributed by atoms with Crippen LogP contribution in [0.1, 0.15) is 20.3 Å². The standard InChI is InChI=1S/C18H21ClN2O2/c1-3-13(2)23-15-8-6-7-14(11-15)21-18(22)12-20-17-10-5-4-9-16(17)19/h4-11,13,20H,3,12H2,1-2H3,(H,21,22). The Labute approximate surface area is 141 Å². The molecule has 0 spiro atoms. The van der Waals surface area contributed by atoms with E-state index in [9.17, 15) is 4.79 Å². The first-order valence-corrected chi connectivity index (χ1v) is 8.01. The summed E-state index contributed by atoms with van der Waals surface area (Å²) in [6.45, 7) is 4.22. The smallest absolute Gasteiger partial charge is 0.243 e. The van der Waals surface area contributed by atoms with Gasteiger partial charge in [0.25, 0.3) is 0 Å². The van der Waals surface area contributed by atoms with Crippen molar-refractivity contribution in [2.45, 2.75) is 26.4 Å². The fourth-order valence-corrected chi connectivity index (χ4v) is 2.15. The van der Waals surface area contributed by atoms with E-state index in [1.54, 1.807) is 6.07 Å². The fraction of sp³-hybridized carbons (Fsp3) is 0.278. The average molecular weight is 333 g/mol. The normalized spacial score (nSPS) is 11.6. The van der Waals surface area contributed by atoms with Crippen LogP contribution in [0, 0.1) is 0 Å². The summed E-state index contributed by atoms with van der Waals surface area (Å²) in [6, 6.07) is 14.7. The summed E-state index contributed by atoms with van der Waals surface area (Å²) in [5, 5.41) is 6.44. The van der Waals surface area contributed by atoms with E-state index in [4.69, 9.17) is 16.3 Å². The highest BCUT2D eigenvalue weighted by molar-refractivity contribution is 6.33. The zero-order valence-electron chi connectivity index (χ0n) is 13.3. The van der Waals surface area contributed by atoms with Crippen molar-refractivity contribution in [3.63, 3.8) is 0 Å². The zero-order valence-corrected chi connectivity index (χ0v) is 14.1. The van der Waals surface area contributed by atoms with Crippen molar-refractivity contribution < 1.29 is 9.53 Å². The lowest BCUT2D eigenvalue weighted by atomic mass is 10.2. The zero-order chi connectivity index (χ0) is 16.7. The summed E-state index contributed by atoms with van der Waals surface area (Å²) in [6.07, 6.45) is 1.07. The first-order valence-electron chi connectivity index (χ1n) is 7.63. The molecule has 0 aromatic heterocycles. The fourth-order valence-electron chi connectivity index (χ4n) is 1.95. The number of hydrogen-bond acceptors (Lipinski definition) is 3. The van der Waals surface area contributed by atoms with Gasteiger partial charge >= 0.3 is 0 Å². The molecule has 1 amide bonds. The molecule has 1 atom stereocenters. The van der Waals surface area contributed by atoms with Gasteiger partial charge in [-0.25, -0.2) is 0 Å². The molecule has 23 heavy (non-hydrogen) atoms. The number of carbonyl (C=O) groups is 1. The second-order valence-corrected chi connectivity index (χ2v) is 5.65. The molecule has 0 saturated heterocycles. The Morgan fingerprint density at radius 2 is 2.00 bits per heavy atom. The van der Waals surface area contributed by atoms with Crippen LogP contribution in [-0.4, -0.2) is 18.6 Å². The molecule has 0 aliphatic rings. The van der Waals surface area contributed by atoms with Crippen molar-refractivity contribution >= 4 is 28.9 Å². The minimum absolute atomic E-state index is 0.139. The molecule has 0 aliphatic carbocycles. The van der Waals surface area contributed by atoms with Gasteiger partial charge in [0.1, 0.15) is 5.75 Å². The van der Waals surface area contributed by atoms with E-state index in [-0.39, 0.29) is 18.6 Å². The first-order chi connectivity index (χ1) is 11.1. The van der Waals surface area contributed by atoms with Crippen LogP contribution in [0.5, 0.6) is 5.75 Å². The molecule has 0 heterocycles. The molecule has 2 N–H and O–H groups in total. The molecule has 0 aliphatic heterocycles. The van der Waals surface area contributed by atoms with Crippen LogP contribution in [0.3, 0.4) is 0 Å². The van der Waals surface area contributed by atoms with Gasteiger partial charge in [-0.1, -0.05) is 36.7 Å². The first kappa shape index (κ1) is 17.2. The molecule has 0 saturated carbocycles. The van der Waals surface area contributed by atoms with E-state index in [1.165, 1.54) is 0 Å². The number of hydrogen-bond donors (Lipinski definition) is 2. The minimum Gasteiger partial charge on any atom is -0.491 e. The highest BCUT2D eigenvalue weighted by Crippen LogP contribution is 2.21. The molecule has 1 unspecified atom stereocenters. The maximum atomic E-state index is 12.0. The largest absolute Gasteiger partial charge is 0.491 e. The number of nitrogens with one attached hydrogen (secondary N) is 2. The van der Waals surface area contributed by atoms with Gasteiger partial charge in [-0.05, 0) is 37.6 Å². The number of para-hydroxylation sites is 1. The molecule has 0 bridgehead atoms. The van der Waals surface area contributed by atoms with E-state index in [1.807, 2.05) is 49.4 Å². The number of ether oxygens (including phenoxy) is 1. The third-order valence-corrected chi connectivity index (χ3v) is 3.67. The average Bonchev–Trinajstić information content (AvgIpc) is 2.54. The second kappa shape index (κ2) is 8.44. The van der Waals surface area contributed by atoms with E-state index in [0.29, 0.717) is 10.7 Å². The van der Waals surface area contributed by atoms with Gasteiger partial charge in [-0.15, -0.1) is 0 Å². The number of amides is 1. The number of benzene rings is 2. The quantitative estimate of drug-likeness (QED) is 0.781. The van der Waals surface area contributed by atoms with Crippen molar-refractivity contribution in [3.8, 4) is 5.75 Å². The van der Waals surface area contributed by atoms with Crippen LogP contribution in [0.15, 0.2) is 48.5 Å². The van der Waals surface area contributed by atoms with Crippen molar-refractivity contribution in [1.29, 1.82) is 0 Å². The molecule has 2 rings (SSSR count). The van der Waals surface area contributed by atoms with Gasteiger partial charge in [0.2, 0.25) is 5.91 Å². The van der Waals surface area contributed by atoms with Gasteiger partial charge in [0, 0.05) is 11.8 Å². The van der Waals surface area contributed by atoms with Gasteiger partial charge in [-0.3, -0.25) is 4.79 Å². The molecular weight excluding hydrogens is 312 g/mol.